The number of piperazine rings is 1. The highest BCUT2D eigenvalue weighted by molar-refractivity contribution is 5.66. The monoisotopic (exact) mass is 200 g/mol. The van der Waals surface area contributed by atoms with E-state index in [9.17, 15) is 4.79 Å². The summed E-state index contributed by atoms with van der Waals surface area (Å²) in [6, 6.07) is 0.416. The molecule has 1 fully saturated rings. The number of hydrogen-bond acceptors (Lipinski definition) is 3. The van der Waals surface area contributed by atoms with Crippen LogP contribution in [0.2, 0.25) is 0 Å². The first-order valence-electron chi connectivity index (χ1n) is 5.40. The van der Waals surface area contributed by atoms with E-state index in [-0.39, 0.29) is 6.42 Å². The van der Waals surface area contributed by atoms with E-state index in [1.54, 1.807) is 0 Å². The number of nitrogens with zero attached hydrogens (tertiary/aromatic N) is 1. The average molecular weight is 200 g/mol. The van der Waals surface area contributed by atoms with Crippen LogP contribution in [0.1, 0.15) is 26.2 Å². The molecule has 0 aliphatic carbocycles. The molecule has 4 nitrogen and oxygen atoms in total. The van der Waals surface area contributed by atoms with Crippen molar-refractivity contribution in [1.29, 1.82) is 0 Å². The highest BCUT2D eigenvalue weighted by atomic mass is 16.4. The topological polar surface area (TPSA) is 52.6 Å². The van der Waals surface area contributed by atoms with Crippen molar-refractivity contribution in [1.82, 2.24) is 10.2 Å². The number of hydrogen-bond donors (Lipinski definition) is 2. The van der Waals surface area contributed by atoms with E-state index in [4.69, 9.17) is 5.11 Å². The fourth-order valence-corrected chi connectivity index (χ4v) is 1.96. The minimum absolute atomic E-state index is 0.284. The second-order valence-corrected chi connectivity index (χ2v) is 3.83. The molecular weight excluding hydrogens is 180 g/mol. The van der Waals surface area contributed by atoms with Crippen molar-refractivity contribution in [3.8, 4) is 0 Å². The van der Waals surface area contributed by atoms with Gasteiger partial charge in [0.15, 0.2) is 0 Å². The molecule has 0 amide bonds. The lowest BCUT2D eigenvalue weighted by Crippen LogP contribution is -2.51. The Morgan fingerprint density at radius 3 is 3.07 bits per heavy atom. The minimum atomic E-state index is -0.688. The third kappa shape index (κ3) is 3.64. The van der Waals surface area contributed by atoms with Crippen molar-refractivity contribution in [3.63, 3.8) is 0 Å². The fourth-order valence-electron chi connectivity index (χ4n) is 1.96. The Balaban J connectivity index is 2.33. The minimum Gasteiger partial charge on any atom is -0.481 e. The van der Waals surface area contributed by atoms with Crippen LogP contribution in [0.5, 0.6) is 0 Å². The van der Waals surface area contributed by atoms with Gasteiger partial charge in [0.05, 0.1) is 0 Å². The van der Waals surface area contributed by atoms with Crippen molar-refractivity contribution < 1.29 is 9.90 Å². The number of carboxylic acid groups (broad SMARTS) is 1. The van der Waals surface area contributed by atoms with Gasteiger partial charge in [-0.25, -0.2) is 0 Å². The molecule has 0 bridgehead atoms. The van der Waals surface area contributed by atoms with Gasteiger partial charge in [0.1, 0.15) is 0 Å². The summed E-state index contributed by atoms with van der Waals surface area (Å²) in [6.07, 6.45) is 2.19. The van der Waals surface area contributed by atoms with Crippen LogP contribution in [0.15, 0.2) is 0 Å². The van der Waals surface area contributed by atoms with Crippen molar-refractivity contribution in [2.75, 3.05) is 26.2 Å². The summed E-state index contributed by atoms with van der Waals surface area (Å²) in [5.74, 6) is -0.688. The second kappa shape index (κ2) is 5.98. The third-order valence-corrected chi connectivity index (χ3v) is 2.67. The Kier molecular flexibility index (Phi) is 4.90. The van der Waals surface area contributed by atoms with Crippen LogP contribution in [-0.4, -0.2) is 48.2 Å². The van der Waals surface area contributed by atoms with Crippen LogP contribution < -0.4 is 5.32 Å². The molecule has 4 heteroatoms. The van der Waals surface area contributed by atoms with E-state index in [0.29, 0.717) is 6.04 Å². The maximum Gasteiger partial charge on any atom is 0.303 e. The van der Waals surface area contributed by atoms with Crippen LogP contribution in [0, 0.1) is 0 Å². The molecule has 1 atom stereocenters. The Labute approximate surface area is 85.3 Å². The Hall–Kier alpha value is -0.610. The first kappa shape index (κ1) is 11.5. The molecule has 14 heavy (non-hydrogen) atoms. The summed E-state index contributed by atoms with van der Waals surface area (Å²) < 4.78 is 0. The third-order valence-electron chi connectivity index (χ3n) is 2.67. The van der Waals surface area contributed by atoms with Crippen molar-refractivity contribution in [3.05, 3.63) is 0 Å². The van der Waals surface area contributed by atoms with Gasteiger partial charge >= 0.3 is 5.97 Å². The standard InChI is InChI=1S/C10H20N2O2/c1-2-6-12-7-5-11-8-9(12)3-4-10(13)14/h9,11H,2-8H2,1H3,(H,13,14). The molecule has 0 aromatic rings. The zero-order chi connectivity index (χ0) is 10.4. The van der Waals surface area contributed by atoms with Crippen LogP contribution in [0.25, 0.3) is 0 Å². The molecular formula is C10H20N2O2. The van der Waals surface area contributed by atoms with Crippen molar-refractivity contribution >= 4 is 5.97 Å². The largest absolute Gasteiger partial charge is 0.481 e. The first-order chi connectivity index (χ1) is 6.74. The molecule has 0 radical (unpaired) electrons. The molecule has 0 spiro atoms. The molecule has 1 aliphatic rings. The maximum atomic E-state index is 10.5. The molecule has 0 aromatic carbocycles. The van der Waals surface area contributed by atoms with Gasteiger partial charge in [0.25, 0.3) is 0 Å². The predicted octanol–water partition coefficient (Wildman–Crippen LogP) is 0.535. The van der Waals surface area contributed by atoms with Crippen LogP contribution in [-0.2, 0) is 4.79 Å². The molecule has 0 saturated carbocycles. The quantitative estimate of drug-likeness (QED) is 0.680. The summed E-state index contributed by atoms with van der Waals surface area (Å²) in [4.78, 5) is 12.9. The van der Waals surface area contributed by atoms with Crippen LogP contribution >= 0.6 is 0 Å². The summed E-state index contributed by atoms with van der Waals surface area (Å²) >= 11 is 0. The lowest BCUT2D eigenvalue weighted by molar-refractivity contribution is -0.137. The molecule has 1 heterocycles. The number of carboxylic acids is 1. The molecule has 1 unspecified atom stereocenters. The van der Waals surface area contributed by atoms with Crippen LogP contribution in [0.4, 0.5) is 0 Å². The fraction of sp³-hybridized carbons (Fsp3) is 0.900. The molecule has 1 aliphatic heterocycles. The second-order valence-electron chi connectivity index (χ2n) is 3.83. The van der Waals surface area contributed by atoms with E-state index in [1.807, 2.05) is 0 Å². The zero-order valence-corrected chi connectivity index (χ0v) is 8.83. The summed E-state index contributed by atoms with van der Waals surface area (Å²) in [5, 5.41) is 11.9. The van der Waals surface area contributed by atoms with Crippen molar-refractivity contribution in [2.45, 2.75) is 32.2 Å². The van der Waals surface area contributed by atoms with Gasteiger partial charge in [-0.05, 0) is 19.4 Å². The highest BCUT2D eigenvalue weighted by Crippen LogP contribution is 2.10. The van der Waals surface area contributed by atoms with Gasteiger partial charge in [0.2, 0.25) is 0 Å². The van der Waals surface area contributed by atoms with Crippen molar-refractivity contribution in [2.24, 2.45) is 0 Å². The zero-order valence-electron chi connectivity index (χ0n) is 8.83. The Morgan fingerprint density at radius 2 is 2.43 bits per heavy atom. The number of carbonyl (C=O) groups is 1. The summed E-state index contributed by atoms with van der Waals surface area (Å²) in [7, 11) is 0. The smallest absolute Gasteiger partial charge is 0.303 e. The lowest BCUT2D eigenvalue weighted by atomic mass is 10.1. The molecule has 0 aromatic heterocycles. The van der Waals surface area contributed by atoms with Gasteiger partial charge in [0, 0.05) is 32.1 Å². The van der Waals surface area contributed by atoms with E-state index < -0.39 is 5.97 Å². The molecule has 2 N–H and O–H groups in total. The molecule has 82 valence electrons. The summed E-state index contributed by atoms with van der Waals surface area (Å²) in [6.45, 7) is 6.28. The SMILES string of the molecule is CCCN1CCNCC1CCC(=O)O. The van der Waals surface area contributed by atoms with Gasteiger partial charge in [-0.1, -0.05) is 6.92 Å². The van der Waals surface area contributed by atoms with Gasteiger partial charge < -0.3 is 10.4 Å². The lowest BCUT2D eigenvalue weighted by Gasteiger charge is -2.35. The predicted molar refractivity (Wildman–Crippen MR) is 55.4 cm³/mol. The van der Waals surface area contributed by atoms with Gasteiger partial charge in [-0.2, -0.15) is 0 Å². The van der Waals surface area contributed by atoms with E-state index in [1.165, 1.54) is 0 Å². The maximum absolute atomic E-state index is 10.5. The van der Waals surface area contributed by atoms with E-state index >= 15 is 0 Å². The number of aliphatic carboxylic acids is 1. The van der Waals surface area contributed by atoms with E-state index in [2.05, 4.69) is 17.1 Å². The van der Waals surface area contributed by atoms with Crippen LogP contribution in [0.3, 0.4) is 0 Å². The highest BCUT2D eigenvalue weighted by Gasteiger charge is 2.21. The number of nitrogens with one attached hydrogen (secondary N) is 1. The van der Waals surface area contributed by atoms with Gasteiger partial charge in [-0.15, -0.1) is 0 Å². The Bertz CT molecular complexity index is 183. The molecule has 1 saturated heterocycles. The summed E-state index contributed by atoms with van der Waals surface area (Å²) in [5.41, 5.74) is 0. The first-order valence-corrected chi connectivity index (χ1v) is 5.40. The molecule has 1 rings (SSSR count). The van der Waals surface area contributed by atoms with E-state index in [0.717, 1.165) is 39.0 Å². The number of rotatable bonds is 5. The normalized spacial score (nSPS) is 23.6. The Morgan fingerprint density at radius 1 is 1.64 bits per heavy atom. The average Bonchev–Trinajstić information content (AvgIpc) is 2.17. The van der Waals surface area contributed by atoms with Gasteiger partial charge in [-0.3, -0.25) is 9.69 Å².